The van der Waals surface area contributed by atoms with E-state index in [1.54, 1.807) is 0 Å². The van der Waals surface area contributed by atoms with Crippen LogP contribution in [-0.2, 0) is 28.5 Å². The summed E-state index contributed by atoms with van der Waals surface area (Å²) in [4.78, 5) is 21.6. The number of carboxylic acids is 1. The first kappa shape index (κ1) is 22.8. The van der Waals surface area contributed by atoms with E-state index in [1.807, 2.05) is 0 Å². The van der Waals surface area contributed by atoms with Crippen molar-refractivity contribution in [3.05, 3.63) is 0 Å². The van der Waals surface area contributed by atoms with Crippen molar-refractivity contribution in [3.8, 4) is 0 Å². The number of carboxylic acid groups (broad SMARTS) is 1. The molecule has 0 fully saturated rings. The van der Waals surface area contributed by atoms with E-state index in [9.17, 15) is 9.59 Å². The summed E-state index contributed by atoms with van der Waals surface area (Å²) in [6, 6.07) is 0. The zero-order chi connectivity index (χ0) is 18.0. The molecule has 1 unspecified atom stereocenters. The molecule has 1 atom stereocenters. The minimum Gasteiger partial charge on any atom is -0.481 e. The van der Waals surface area contributed by atoms with Crippen LogP contribution in [0.15, 0.2) is 0 Å². The third-order valence-electron chi connectivity index (χ3n) is 3.36. The second-order valence-corrected chi connectivity index (χ2v) is 5.63. The zero-order valence-electron chi connectivity index (χ0n) is 15.0. The van der Waals surface area contributed by atoms with Gasteiger partial charge in [-0.25, -0.2) is 0 Å². The van der Waals surface area contributed by atoms with E-state index < -0.39 is 5.97 Å². The van der Waals surface area contributed by atoms with Gasteiger partial charge in [0.1, 0.15) is 6.61 Å². The van der Waals surface area contributed by atoms with Gasteiger partial charge < -0.3 is 24.1 Å². The molecule has 0 saturated heterocycles. The fourth-order valence-corrected chi connectivity index (χ4v) is 1.67. The number of aliphatic carboxylic acids is 1. The Hall–Kier alpha value is -1.18. The van der Waals surface area contributed by atoms with Crippen molar-refractivity contribution in [2.45, 2.75) is 46.0 Å². The summed E-state index contributed by atoms with van der Waals surface area (Å²) >= 11 is 0. The Morgan fingerprint density at radius 1 is 0.875 bits per heavy atom. The smallest absolute Gasteiger partial charge is 0.305 e. The molecule has 0 aliphatic rings. The van der Waals surface area contributed by atoms with Gasteiger partial charge in [-0.2, -0.15) is 0 Å². The number of carbonyl (C=O) groups is 2. The number of esters is 1. The van der Waals surface area contributed by atoms with Crippen LogP contribution in [0.2, 0.25) is 0 Å². The van der Waals surface area contributed by atoms with Crippen molar-refractivity contribution in [1.29, 1.82) is 0 Å². The van der Waals surface area contributed by atoms with E-state index in [-0.39, 0.29) is 25.4 Å². The first-order valence-corrected chi connectivity index (χ1v) is 8.66. The van der Waals surface area contributed by atoms with Crippen LogP contribution in [-0.4, -0.2) is 63.3 Å². The predicted molar refractivity (Wildman–Crippen MR) is 89.0 cm³/mol. The van der Waals surface area contributed by atoms with E-state index in [0.29, 0.717) is 51.8 Å². The second kappa shape index (κ2) is 16.7. The largest absolute Gasteiger partial charge is 0.481 e. The SMILES string of the molecule is CCC(C)COCCOCCOCCOC(=O)CCCCC(=O)O. The maximum atomic E-state index is 11.3. The maximum absolute atomic E-state index is 11.3. The molecule has 24 heavy (non-hydrogen) atoms. The topological polar surface area (TPSA) is 91.3 Å². The first-order chi connectivity index (χ1) is 11.6. The Kier molecular flexibility index (Phi) is 15.9. The van der Waals surface area contributed by atoms with Gasteiger partial charge in [-0.1, -0.05) is 20.3 Å². The lowest BCUT2D eigenvalue weighted by atomic mass is 10.1. The van der Waals surface area contributed by atoms with Gasteiger partial charge in [0.15, 0.2) is 0 Å². The average Bonchev–Trinajstić information content (AvgIpc) is 2.56. The van der Waals surface area contributed by atoms with Crippen molar-refractivity contribution in [1.82, 2.24) is 0 Å². The van der Waals surface area contributed by atoms with Gasteiger partial charge in [-0.3, -0.25) is 9.59 Å². The highest BCUT2D eigenvalue weighted by atomic mass is 16.6. The van der Waals surface area contributed by atoms with Crippen LogP contribution in [0, 0.1) is 5.92 Å². The van der Waals surface area contributed by atoms with E-state index >= 15 is 0 Å². The molecule has 0 amide bonds. The van der Waals surface area contributed by atoms with Gasteiger partial charge in [0.25, 0.3) is 0 Å². The number of hydrogen-bond acceptors (Lipinski definition) is 6. The molecule has 0 aromatic rings. The van der Waals surface area contributed by atoms with Crippen molar-refractivity contribution in [2.75, 3.05) is 46.2 Å². The molecule has 0 radical (unpaired) electrons. The lowest BCUT2D eigenvalue weighted by Crippen LogP contribution is -2.14. The molecule has 0 saturated carbocycles. The molecule has 0 aromatic heterocycles. The minimum absolute atomic E-state index is 0.0824. The Morgan fingerprint density at radius 2 is 1.42 bits per heavy atom. The third kappa shape index (κ3) is 17.2. The standard InChI is InChI=1S/C17H32O7/c1-3-15(2)14-23-11-10-21-8-9-22-12-13-24-17(20)7-5-4-6-16(18)19/h15H,3-14H2,1-2H3,(H,18,19). The summed E-state index contributed by atoms with van der Waals surface area (Å²) < 4.78 is 21.1. The molecule has 0 rings (SSSR count). The third-order valence-corrected chi connectivity index (χ3v) is 3.36. The van der Waals surface area contributed by atoms with Crippen molar-refractivity contribution >= 4 is 11.9 Å². The minimum atomic E-state index is -0.846. The molecule has 0 heterocycles. The van der Waals surface area contributed by atoms with Crippen LogP contribution < -0.4 is 0 Å². The second-order valence-electron chi connectivity index (χ2n) is 5.63. The summed E-state index contributed by atoms with van der Waals surface area (Å²) in [5.74, 6) is -0.590. The Balaban J connectivity index is 3.19. The van der Waals surface area contributed by atoms with Gasteiger partial charge in [0.2, 0.25) is 0 Å². The summed E-state index contributed by atoms with van der Waals surface area (Å²) in [6.07, 6.45) is 2.45. The molecule has 7 heteroatoms. The van der Waals surface area contributed by atoms with Crippen LogP contribution in [0.5, 0.6) is 0 Å². The lowest BCUT2D eigenvalue weighted by molar-refractivity contribution is -0.146. The predicted octanol–water partition coefficient (Wildman–Crippen LogP) is 2.27. The summed E-state index contributed by atoms with van der Waals surface area (Å²) in [7, 11) is 0. The van der Waals surface area contributed by atoms with Gasteiger partial charge in [-0.05, 0) is 18.8 Å². The molecule has 7 nitrogen and oxygen atoms in total. The lowest BCUT2D eigenvalue weighted by Gasteiger charge is -2.10. The van der Waals surface area contributed by atoms with Crippen LogP contribution in [0.3, 0.4) is 0 Å². The molecule has 142 valence electrons. The van der Waals surface area contributed by atoms with E-state index in [4.69, 9.17) is 24.1 Å². The highest BCUT2D eigenvalue weighted by molar-refractivity contribution is 5.69. The van der Waals surface area contributed by atoms with Crippen LogP contribution in [0.1, 0.15) is 46.0 Å². The van der Waals surface area contributed by atoms with Crippen molar-refractivity contribution in [3.63, 3.8) is 0 Å². The Labute approximate surface area is 144 Å². The number of ether oxygens (including phenoxy) is 4. The van der Waals surface area contributed by atoms with Crippen LogP contribution in [0.25, 0.3) is 0 Å². The molecule has 0 bridgehead atoms. The molecule has 0 spiro atoms. The van der Waals surface area contributed by atoms with Crippen molar-refractivity contribution in [2.24, 2.45) is 5.92 Å². The van der Waals surface area contributed by atoms with Crippen molar-refractivity contribution < 1.29 is 33.6 Å². The Morgan fingerprint density at radius 3 is 2.00 bits per heavy atom. The van der Waals surface area contributed by atoms with E-state index in [2.05, 4.69) is 13.8 Å². The maximum Gasteiger partial charge on any atom is 0.305 e. The normalized spacial score (nSPS) is 12.1. The summed E-state index contributed by atoms with van der Waals surface area (Å²) in [5, 5.41) is 8.47. The highest BCUT2D eigenvalue weighted by Crippen LogP contribution is 2.01. The van der Waals surface area contributed by atoms with Crippen LogP contribution in [0.4, 0.5) is 0 Å². The average molecular weight is 348 g/mol. The first-order valence-electron chi connectivity index (χ1n) is 8.66. The van der Waals surface area contributed by atoms with Crippen LogP contribution >= 0.6 is 0 Å². The van der Waals surface area contributed by atoms with Gasteiger partial charge in [-0.15, -0.1) is 0 Å². The molecule has 0 aliphatic heterocycles. The Bertz CT molecular complexity index is 320. The highest BCUT2D eigenvalue weighted by Gasteiger charge is 2.04. The van der Waals surface area contributed by atoms with Gasteiger partial charge in [0, 0.05) is 19.4 Å². The van der Waals surface area contributed by atoms with Gasteiger partial charge >= 0.3 is 11.9 Å². The number of hydrogen-bond donors (Lipinski definition) is 1. The number of rotatable bonds is 17. The summed E-state index contributed by atoms with van der Waals surface area (Å²) in [6.45, 7) is 7.64. The quantitative estimate of drug-likeness (QED) is 0.318. The monoisotopic (exact) mass is 348 g/mol. The number of carbonyl (C=O) groups excluding carboxylic acids is 1. The molecule has 1 N–H and O–H groups in total. The molecule has 0 aliphatic carbocycles. The summed E-state index contributed by atoms with van der Waals surface area (Å²) in [5.41, 5.74) is 0. The fraction of sp³-hybridized carbons (Fsp3) is 0.882. The zero-order valence-corrected chi connectivity index (χ0v) is 15.0. The number of unbranched alkanes of at least 4 members (excludes halogenated alkanes) is 1. The van der Waals surface area contributed by atoms with E-state index in [1.165, 1.54) is 0 Å². The molecular formula is C17H32O7. The fourth-order valence-electron chi connectivity index (χ4n) is 1.67. The van der Waals surface area contributed by atoms with Gasteiger partial charge in [0.05, 0.1) is 33.0 Å². The molecule has 0 aromatic carbocycles. The molecular weight excluding hydrogens is 316 g/mol. The van der Waals surface area contributed by atoms with E-state index in [0.717, 1.165) is 13.0 Å².